The van der Waals surface area contributed by atoms with Crippen LogP contribution in [0.4, 0.5) is 11.5 Å². The van der Waals surface area contributed by atoms with Gasteiger partial charge in [-0.1, -0.05) is 19.3 Å². The number of ether oxygens (including phenoxy) is 1. The number of methoxy groups -OCH3 is 1. The molecule has 0 aliphatic heterocycles. The summed E-state index contributed by atoms with van der Waals surface area (Å²) in [6, 6.07) is 2.75. The summed E-state index contributed by atoms with van der Waals surface area (Å²) in [6.07, 6.45) is 5.31. The largest absolute Gasteiger partial charge is 0.464 e. The first kappa shape index (κ1) is 14.2. The highest BCUT2D eigenvalue weighted by molar-refractivity contribution is 5.88. The van der Waals surface area contributed by atoms with Crippen LogP contribution in [0.1, 0.15) is 42.6 Å². The fourth-order valence-corrected chi connectivity index (χ4v) is 2.36. The number of anilines is 1. The molecule has 1 saturated carbocycles. The first-order valence-electron chi connectivity index (χ1n) is 6.62. The molecule has 20 heavy (non-hydrogen) atoms. The van der Waals surface area contributed by atoms with E-state index in [1.54, 1.807) is 0 Å². The van der Waals surface area contributed by atoms with Crippen LogP contribution >= 0.6 is 0 Å². The third-order valence-corrected chi connectivity index (χ3v) is 3.41. The van der Waals surface area contributed by atoms with Crippen LogP contribution in [0.5, 0.6) is 0 Å². The standard InChI is InChI=1S/C13H17N3O4/c1-20-13(17)10-7-8-11(16(18)19)12(15-10)14-9-5-3-2-4-6-9/h7-9H,2-6H2,1H3,(H,14,15). The highest BCUT2D eigenvalue weighted by Gasteiger charge is 2.22. The number of nitrogens with zero attached hydrogens (tertiary/aromatic N) is 2. The van der Waals surface area contributed by atoms with Crippen LogP contribution in [0, 0.1) is 10.1 Å². The van der Waals surface area contributed by atoms with Gasteiger partial charge < -0.3 is 10.1 Å². The maximum Gasteiger partial charge on any atom is 0.356 e. The molecule has 2 rings (SSSR count). The minimum atomic E-state index is -0.605. The van der Waals surface area contributed by atoms with E-state index in [9.17, 15) is 14.9 Å². The van der Waals surface area contributed by atoms with Crippen molar-refractivity contribution in [3.8, 4) is 0 Å². The Morgan fingerprint density at radius 1 is 1.40 bits per heavy atom. The molecule has 1 heterocycles. The van der Waals surface area contributed by atoms with Crippen molar-refractivity contribution in [2.45, 2.75) is 38.1 Å². The smallest absolute Gasteiger partial charge is 0.356 e. The number of carbonyl (C=O) groups is 1. The molecule has 0 bridgehead atoms. The van der Waals surface area contributed by atoms with Gasteiger partial charge in [0, 0.05) is 12.1 Å². The Hall–Kier alpha value is -2.18. The van der Waals surface area contributed by atoms with Gasteiger partial charge in [0.2, 0.25) is 5.82 Å². The summed E-state index contributed by atoms with van der Waals surface area (Å²) in [5.74, 6) is -0.462. The van der Waals surface area contributed by atoms with Gasteiger partial charge in [-0.3, -0.25) is 10.1 Å². The molecule has 0 radical (unpaired) electrons. The predicted octanol–water partition coefficient (Wildman–Crippen LogP) is 2.52. The number of pyridine rings is 1. The van der Waals surface area contributed by atoms with Crippen LogP contribution in [0.25, 0.3) is 0 Å². The summed E-state index contributed by atoms with van der Waals surface area (Å²) < 4.78 is 4.58. The van der Waals surface area contributed by atoms with Crippen molar-refractivity contribution in [2.75, 3.05) is 12.4 Å². The third-order valence-electron chi connectivity index (χ3n) is 3.41. The van der Waals surface area contributed by atoms with E-state index in [1.807, 2.05) is 0 Å². The zero-order chi connectivity index (χ0) is 14.5. The molecule has 1 N–H and O–H groups in total. The molecule has 1 aliphatic carbocycles. The second kappa shape index (κ2) is 6.31. The number of rotatable bonds is 4. The molecule has 1 aliphatic rings. The van der Waals surface area contributed by atoms with E-state index in [0.717, 1.165) is 25.7 Å². The molecule has 0 spiro atoms. The molecule has 1 fully saturated rings. The Morgan fingerprint density at radius 3 is 2.70 bits per heavy atom. The molecule has 1 aromatic rings. The SMILES string of the molecule is COC(=O)c1ccc([N+](=O)[O-])c(NC2CCCCC2)n1. The molecular weight excluding hydrogens is 262 g/mol. The lowest BCUT2D eigenvalue weighted by molar-refractivity contribution is -0.384. The number of aromatic nitrogens is 1. The fourth-order valence-electron chi connectivity index (χ4n) is 2.36. The summed E-state index contributed by atoms with van der Waals surface area (Å²) in [4.78, 5) is 26.0. The maximum atomic E-state index is 11.5. The highest BCUT2D eigenvalue weighted by atomic mass is 16.6. The molecule has 108 valence electrons. The molecule has 0 amide bonds. The number of carbonyl (C=O) groups excluding carboxylic acids is 1. The average Bonchev–Trinajstić information content (AvgIpc) is 2.47. The van der Waals surface area contributed by atoms with Crippen molar-refractivity contribution < 1.29 is 14.5 Å². The Kier molecular flexibility index (Phi) is 4.49. The van der Waals surface area contributed by atoms with E-state index >= 15 is 0 Å². The van der Waals surface area contributed by atoms with Crippen LogP contribution < -0.4 is 5.32 Å². The predicted molar refractivity (Wildman–Crippen MR) is 72.7 cm³/mol. The summed E-state index contributed by atoms with van der Waals surface area (Å²) in [7, 11) is 1.25. The number of hydrogen-bond acceptors (Lipinski definition) is 6. The van der Waals surface area contributed by atoms with E-state index in [-0.39, 0.29) is 23.2 Å². The van der Waals surface area contributed by atoms with Gasteiger partial charge >= 0.3 is 11.7 Å². The number of nitro groups is 1. The van der Waals surface area contributed by atoms with Gasteiger partial charge in [-0.25, -0.2) is 9.78 Å². The van der Waals surface area contributed by atoms with E-state index in [4.69, 9.17) is 0 Å². The van der Waals surface area contributed by atoms with Gasteiger partial charge in [0.1, 0.15) is 0 Å². The van der Waals surface area contributed by atoms with Crippen molar-refractivity contribution >= 4 is 17.5 Å². The number of hydrogen-bond donors (Lipinski definition) is 1. The van der Waals surface area contributed by atoms with Crippen molar-refractivity contribution in [3.05, 3.63) is 27.9 Å². The summed E-state index contributed by atoms with van der Waals surface area (Å²) in [6.45, 7) is 0. The normalized spacial score (nSPS) is 15.7. The van der Waals surface area contributed by atoms with Gasteiger partial charge in [-0.05, 0) is 18.9 Å². The third kappa shape index (κ3) is 3.23. The summed E-state index contributed by atoms with van der Waals surface area (Å²) in [5.41, 5.74) is -0.0559. The lowest BCUT2D eigenvalue weighted by Gasteiger charge is -2.23. The monoisotopic (exact) mass is 279 g/mol. The van der Waals surface area contributed by atoms with E-state index in [2.05, 4.69) is 15.0 Å². The Morgan fingerprint density at radius 2 is 2.10 bits per heavy atom. The van der Waals surface area contributed by atoms with Gasteiger partial charge in [0.05, 0.1) is 12.0 Å². The highest BCUT2D eigenvalue weighted by Crippen LogP contribution is 2.27. The van der Waals surface area contributed by atoms with Crippen LogP contribution in [-0.2, 0) is 4.74 Å². The second-order valence-electron chi connectivity index (χ2n) is 4.79. The number of nitrogens with one attached hydrogen (secondary N) is 1. The van der Waals surface area contributed by atoms with Crippen molar-refractivity contribution in [2.24, 2.45) is 0 Å². The van der Waals surface area contributed by atoms with Gasteiger partial charge in [0.25, 0.3) is 0 Å². The Balaban J connectivity index is 2.26. The van der Waals surface area contributed by atoms with E-state index < -0.39 is 10.9 Å². The summed E-state index contributed by atoms with van der Waals surface area (Å²) in [5, 5.41) is 14.1. The Labute approximate surface area is 116 Å². The van der Waals surface area contributed by atoms with Gasteiger partial charge in [-0.15, -0.1) is 0 Å². The van der Waals surface area contributed by atoms with Crippen LogP contribution in [0.2, 0.25) is 0 Å². The zero-order valence-electron chi connectivity index (χ0n) is 11.3. The van der Waals surface area contributed by atoms with Crippen LogP contribution in [0.3, 0.4) is 0 Å². The maximum absolute atomic E-state index is 11.5. The molecule has 7 heteroatoms. The van der Waals surface area contributed by atoms with Gasteiger partial charge in [-0.2, -0.15) is 0 Å². The lowest BCUT2D eigenvalue weighted by Crippen LogP contribution is -2.24. The van der Waals surface area contributed by atoms with Crippen molar-refractivity contribution in [1.29, 1.82) is 0 Å². The quantitative estimate of drug-likeness (QED) is 0.517. The second-order valence-corrected chi connectivity index (χ2v) is 4.79. The minimum Gasteiger partial charge on any atom is -0.464 e. The molecule has 0 atom stereocenters. The average molecular weight is 279 g/mol. The molecule has 7 nitrogen and oxygen atoms in total. The number of esters is 1. The van der Waals surface area contributed by atoms with E-state index in [0.29, 0.717) is 0 Å². The first-order chi connectivity index (χ1) is 9.61. The summed E-state index contributed by atoms with van der Waals surface area (Å²) >= 11 is 0. The molecular formula is C13H17N3O4. The topological polar surface area (TPSA) is 94.4 Å². The lowest BCUT2D eigenvalue weighted by atomic mass is 9.95. The fraction of sp³-hybridized carbons (Fsp3) is 0.538. The Bertz CT molecular complexity index is 512. The molecule has 1 aromatic heterocycles. The van der Waals surface area contributed by atoms with Crippen molar-refractivity contribution in [1.82, 2.24) is 4.98 Å². The first-order valence-corrected chi connectivity index (χ1v) is 6.62. The zero-order valence-corrected chi connectivity index (χ0v) is 11.3. The van der Waals surface area contributed by atoms with Crippen LogP contribution in [0.15, 0.2) is 12.1 Å². The molecule has 0 saturated heterocycles. The van der Waals surface area contributed by atoms with Crippen LogP contribution in [-0.4, -0.2) is 29.0 Å². The molecule has 0 aromatic carbocycles. The van der Waals surface area contributed by atoms with Crippen molar-refractivity contribution in [3.63, 3.8) is 0 Å². The van der Waals surface area contributed by atoms with Gasteiger partial charge in [0.15, 0.2) is 5.69 Å². The molecule has 0 unspecified atom stereocenters. The minimum absolute atomic E-state index is 0.0661. The van der Waals surface area contributed by atoms with E-state index in [1.165, 1.54) is 25.7 Å².